The van der Waals surface area contributed by atoms with Gasteiger partial charge in [0.25, 0.3) is 0 Å². The van der Waals surface area contributed by atoms with Crippen molar-refractivity contribution in [2.45, 2.75) is 58.5 Å². The van der Waals surface area contributed by atoms with Gasteiger partial charge in [-0.05, 0) is 52.5 Å². The van der Waals surface area contributed by atoms with Gasteiger partial charge < -0.3 is 10.1 Å². The van der Waals surface area contributed by atoms with Crippen LogP contribution in [0.1, 0.15) is 47.0 Å². The first-order valence-corrected chi connectivity index (χ1v) is 7.46. The minimum absolute atomic E-state index is 0.260. The first-order valence-electron chi connectivity index (χ1n) is 7.46. The lowest BCUT2D eigenvalue weighted by Crippen LogP contribution is -2.50. The molecule has 0 saturated carbocycles. The molecule has 1 rings (SSSR count). The van der Waals surface area contributed by atoms with E-state index in [9.17, 15) is 0 Å². The van der Waals surface area contributed by atoms with E-state index in [1.165, 1.54) is 32.4 Å². The molecule has 0 radical (unpaired) electrons. The summed E-state index contributed by atoms with van der Waals surface area (Å²) in [6.07, 6.45) is 3.81. The van der Waals surface area contributed by atoms with Crippen molar-refractivity contribution in [3.05, 3.63) is 0 Å². The predicted octanol–water partition coefficient (Wildman–Crippen LogP) is 2.51. The number of hydrogen-bond acceptors (Lipinski definition) is 3. The van der Waals surface area contributed by atoms with Crippen LogP contribution in [0.4, 0.5) is 0 Å². The Morgan fingerprint density at radius 3 is 2.78 bits per heavy atom. The third kappa shape index (κ3) is 5.25. The lowest BCUT2D eigenvalue weighted by molar-refractivity contribution is 0.0701. The van der Waals surface area contributed by atoms with Crippen LogP contribution in [0.2, 0.25) is 0 Å². The van der Waals surface area contributed by atoms with E-state index in [-0.39, 0.29) is 5.54 Å². The summed E-state index contributed by atoms with van der Waals surface area (Å²) < 4.78 is 5.30. The van der Waals surface area contributed by atoms with Crippen molar-refractivity contribution in [2.24, 2.45) is 5.92 Å². The van der Waals surface area contributed by atoms with Crippen LogP contribution in [0, 0.1) is 5.92 Å². The van der Waals surface area contributed by atoms with Crippen molar-refractivity contribution in [1.29, 1.82) is 0 Å². The van der Waals surface area contributed by atoms with Crippen LogP contribution in [0.15, 0.2) is 0 Å². The molecular formula is C15H32N2O. The van der Waals surface area contributed by atoms with Crippen molar-refractivity contribution in [2.75, 3.05) is 33.4 Å². The fourth-order valence-electron chi connectivity index (χ4n) is 2.55. The van der Waals surface area contributed by atoms with E-state index in [1.807, 2.05) is 7.11 Å². The first kappa shape index (κ1) is 15.9. The van der Waals surface area contributed by atoms with Gasteiger partial charge in [0.2, 0.25) is 0 Å². The Hall–Kier alpha value is -0.120. The van der Waals surface area contributed by atoms with Crippen molar-refractivity contribution >= 4 is 0 Å². The van der Waals surface area contributed by atoms with Gasteiger partial charge in [-0.15, -0.1) is 0 Å². The van der Waals surface area contributed by atoms with E-state index < -0.39 is 0 Å². The zero-order valence-corrected chi connectivity index (χ0v) is 13.0. The van der Waals surface area contributed by atoms with Crippen LogP contribution in [-0.4, -0.2) is 49.8 Å². The van der Waals surface area contributed by atoms with Crippen molar-refractivity contribution in [3.8, 4) is 0 Å². The standard InChI is InChI=1S/C15H32N2O/c1-6-15(3,4)16-10-13(2)17-9-7-8-14(11-17)12-18-5/h13-14,16H,6-12H2,1-5H3. The average molecular weight is 256 g/mol. The Morgan fingerprint density at radius 1 is 1.44 bits per heavy atom. The first-order chi connectivity index (χ1) is 8.48. The molecule has 2 unspecified atom stereocenters. The second-order valence-corrected chi connectivity index (χ2v) is 6.43. The number of rotatable bonds is 7. The fourth-order valence-corrected chi connectivity index (χ4v) is 2.55. The van der Waals surface area contributed by atoms with Gasteiger partial charge in [0, 0.05) is 31.8 Å². The highest BCUT2D eigenvalue weighted by Crippen LogP contribution is 2.19. The number of ether oxygens (including phenoxy) is 1. The van der Waals surface area contributed by atoms with Gasteiger partial charge in [0.05, 0.1) is 6.61 Å². The van der Waals surface area contributed by atoms with Gasteiger partial charge in [0.15, 0.2) is 0 Å². The number of nitrogens with one attached hydrogen (secondary N) is 1. The molecule has 1 heterocycles. The molecule has 3 heteroatoms. The second kappa shape index (κ2) is 7.46. The van der Waals surface area contributed by atoms with Gasteiger partial charge in [-0.1, -0.05) is 6.92 Å². The van der Waals surface area contributed by atoms with Crippen molar-refractivity contribution in [3.63, 3.8) is 0 Å². The minimum atomic E-state index is 0.260. The minimum Gasteiger partial charge on any atom is -0.384 e. The largest absolute Gasteiger partial charge is 0.384 e. The number of hydrogen-bond donors (Lipinski definition) is 1. The Labute approximate surface area is 113 Å². The van der Waals surface area contributed by atoms with E-state index in [1.54, 1.807) is 0 Å². The summed E-state index contributed by atoms with van der Waals surface area (Å²) in [5.41, 5.74) is 0.260. The van der Waals surface area contributed by atoms with Crippen LogP contribution < -0.4 is 5.32 Å². The summed E-state index contributed by atoms with van der Waals surface area (Å²) in [4.78, 5) is 2.62. The lowest BCUT2D eigenvalue weighted by atomic mass is 9.97. The van der Waals surface area contributed by atoms with E-state index in [0.29, 0.717) is 6.04 Å². The smallest absolute Gasteiger partial charge is 0.0502 e. The van der Waals surface area contributed by atoms with Crippen LogP contribution in [0.3, 0.4) is 0 Å². The Bertz CT molecular complexity index is 229. The highest BCUT2D eigenvalue weighted by molar-refractivity contribution is 4.82. The van der Waals surface area contributed by atoms with Crippen molar-refractivity contribution < 1.29 is 4.74 Å². The molecule has 0 bridgehead atoms. The number of nitrogens with zero attached hydrogens (tertiary/aromatic N) is 1. The van der Waals surface area contributed by atoms with Crippen LogP contribution in [0.5, 0.6) is 0 Å². The van der Waals surface area contributed by atoms with Gasteiger partial charge in [-0.25, -0.2) is 0 Å². The van der Waals surface area contributed by atoms with Crippen LogP contribution in [0.25, 0.3) is 0 Å². The molecule has 1 fully saturated rings. The molecular weight excluding hydrogens is 224 g/mol. The Morgan fingerprint density at radius 2 is 2.17 bits per heavy atom. The summed E-state index contributed by atoms with van der Waals surface area (Å²) >= 11 is 0. The van der Waals surface area contributed by atoms with Crippen LogP contribution >= 0.6 is 0 Å². The molecule has 1 aliphatic rings. The van der Waals surface area contributed by atoms with E-state index >= 15 is 0 Å². The highest BCUT2D eigenvalue weighted by Gasteiger charge is 2.24. The maximum Gasteiger partial charge on any atom is 0.0502 e. The van der Waals surface area contributed by atoms with Crippen LogP contribution in [-0.2, 0) is 4.74 Å². The number of methoxy groups -OCH3 is 1. The molecule has 1 saturated heterocycles. The SMILES string of the molecule is CCC(C)(C)NCC(C)N1CCCC(COC)C1. The third-order valence-corrected chi connectivity index (χ3v) is 4.34. The molecule has 108 valence electrons. The summed E-state index contributed by atoms with van der Waals surface area (Å²) in [7, 11) is 1.81. The Kier molecular flexibility index (Phi) is 6.61. The number of piperidine rings is 1. The summed E-state index contributed by atoms with van der Waals surface area (Å²) in [6, 6.07) is 0.621. The maximum atomic E-state index is 5.30. The molecule has 2 atom stereocenters. The molecule has 3 nitrogen and oxygen atoms in total. The van der Waals surface area contributed by atoms with E-state index in [0.717, 1.165) is 19.1 Å². The Balaban J connectivity index is 2.34. The maximum absolute atomic E-state index is 5.30. The molecule has 0 aromatic heterocycles. The van der Waals surface area contributed by atoms with Gasteiger partial charge >= 0.3 is 0 Å². The van der Waals surface area contributed by atoms with Gasteiger partial charge in [-0.2, -0.15) is 0 Å². The van der Waals surface area contributed by atoms with Gasteiger partial charge in [-0.3, -0.25) is 4.90 Å². The highest BCUT2D eigenvalue weighted by atomic mass is 16.5. The monoisotopic (exact) mass is 256 g/mol. The summed E-state index contributed by atoms with van der Waals surface area (Å²) in [6.45, 7) is 13.6. The van der Waals surface area contributed by atoms with Gasteiger partial charge in [0.1, 0.15) is 0 Å². The average Bonchev–Trinajstić information content (AvgIpc) is 2.37. The fraction of sp³-hybridized carbons (Fsp3) is 1.00. The quantitative estimate of drug-likeness (QED) is 0.757. The zero-order valence-electron chi connectivity index (χ0n) is 13.0. The molecule has 1 N–H and O–H groups in total. The van der Waals surface area contributed by atoms with E-state index in [4.69, 9.17) is 4.74 Å². The second-order valence-electron chi connectivity index (χ2n) is 6.43. The molecule has 0 aromatic rings. The lowest BCUT2D eigenvalue weighted by Gasteiger charge is -2.38. The molecule has 0 aromatic carbocycles. The predicted molar refractivity (Wildman–Crippen MR) is 78.0 cm³/mol. The molecule has 0 spiro atoms. The topological polar surface area (TPSA) is 24.5 Å². The van der Waals surface area contributed by atoms with E-state index in [2.05, 4.69) is 37.9 Å². The molecule has 1 aliphatic heterocycles. The number of likely N-dealkylation sites (tertiary alicyclic amines) is 1. The van der Waals surface area contributed by atoms with Crippen molar-refractivity contribution in [1.82, 2.24) is 10.2 Å². The third-order valence-electron chi connectivity index (χ3n) is 4.34. The molecule has 0 aliphatic carbocycles. The molecule has 0 amide bonds. The zero-order chi connectivity index (χ0) is 13.6. The summed E-state index contributed by atoms with van der Waals surface area (Å²) in [5.74, 6) is 0.727. The summed E-state index contributed by atoms with van der Waals surface area (Å²) in [5, 5.41) is 3.68. The normalized spacial score (nSPS) is 24.2. The molecule has 18 heavy (non-hydrogen) atoms.